The molecule has 2 aromatic rings. The maximum Gasteiger partial charge on any atom is 0.279 e. The fraction of sp³-hybridized carbons (Fsp3) is 0.100. The molecule has 0 aliphatic rings. The van der Waals surface area contributed by atoms with Gasteiger partial charge in [0, 0.05) is 19.4 Å². The normalized spacial score (nSPS) is 10.1. The van der Waals surface area contributed by atoms with Gasteiger partial charge in [0.2, 0.25) is 0 Å². The molecule has 2 heterocycles. The lowest BCUT2D eigenvalue weighted by atomic mass is 10.3. The minimum atomic E-state index is -0.364. The first-order valence-corrected chi connectivity index (χ1v) is 4.68. The molecule has 82 valence electrons. The highest BCUT2D eigenvalue weighted by Crippen LogP contribution is 2.10. The zero-order chi connectivity index (χ0) is 11.5. The summed E-state index contributed by atoms with van der Waals surface area (Å²) in [5.41, 5.74) is 6.18. The lowest BCUT2D eigenvalue weighted by Gasteiger charge is -2.01. The van der Waals surface area contributed by atoms with Crippen LogP contribution < -0.4 is 11.1 Å². The summed E-state index contributed by atoms with van der Waals surface area (Å²) >= 11 is 0. The highest BCUT2D eigenvalue weighted by molar-refractivity contribution is 6.05. The minimum Gasteiger partial charge on any atom is -0.396 e. The van der Waals surface area contributed by atoms with Crippen LogP contribution in [0.4, 0.5) is 11.5 Å². The number of nitrogens with two attached hydrogens (primary N) is 1. The molecule has 0 saturated carbocycles. The molecular weight excluding hydrogens is 206 g/mol. The Bertz CT molecular complexity index is 505. The summed E-state index contributed by atoms with van der Waals surface area (Å²) in [4.78, 5) is 15.7. The number of hydrogen-bond donors (Lipinski definition) is 2. The van der Waals surface area contributed by atoms with Crippen LogP contribution >= 0.6 is 0 Å². The van der Waals surface area contributed by atoms with Gasteiger partial charge < -0.3 is 11.1 Å². The quantitative estimate of drug-likeness (QED) is 0.773. The van der Waals surface area contributed by atoms with Crippen molar-refractivity contribution in [2.45, 2.75) is 0 Å². The van der Waals surface area contributed by atoms with E-state index in [1.807, 2.05) is 0 Å². The topological polar surface area (TPSA) is 85.8 Å². The van der Waals surface area contributed by atoms with Crippen LogP contribution in [0.3, 0.4) is 0 Å². The summed E-state index contributed by atoms with van der Waals surface area (Å²) in [6.07, 6.45) is 3.17. The van der Waals surface area contributed by atoms with Crippen molar-refractivity contribution in [3.63, 3.8) is 0 Å². The number of carbonyl (C=O) groups is 1. The van der Waals surface area contributed by atoms with Crippen molar-refractivity contribution >= 4 is 17.4 Å². The lowest BCUT2D eigenvalue weighted by Crippen LogP contribution is -2.15. The van der Waals surface area contributed by atoms with E-state index in [0.29, 0.717) is 11.5 Å². The summed E-state index contributed by atoms with van der Waals surface area (Å²) in [7, 11) is 1.70. The zero-order valence-corrected chi connectivity index (χ0v) is 8.71. The number of anilines is 2. The van der Waals surface area contributed by atoms with Crippen LogP contribution in [0.2, 0.25) is 0 Å². The fourth-order valence-corrected chi connectivity index (χ4v) is 1.30. The lowest BCUT2D eigenvalue weighted by molar-refractivity contribution is 0.102. The first-order chi connectivity index (χ1) is 7.66. The van der Waals surface area contributed by atoms with Crippen LogP contribution in [-0.4, -0.2) is 20.7 Å². The molecule has 6 heteroatoms. The Morgan fingerprint density at radius 2 is 2.31 bits per heavy atom. The first kappa shape index (κ1) is 10.2. The molecule has 0 bridgehead atoms. The molecule has 0 atom stereocenters. The summed E-state index contributed by atoms with van der Waals surface area (Å²) in [6, 6.07) is 5.24. The van der Waals surface area contributed by atoms with E-state index >= 15 is 0 Å². The number of amides is 1. The zero-order valence-electron chi connectivity index (χ0n) is 8.71. The second kappa shape index (κ2) is 4.01. The molecule has 0 aliphatic carbocycles. The SMILES string of the molecule is Cn1cc(N)c(C(=O)Nc2ccccn2)n1. The molecule has 1 amide bonds. The molecule has 0 fully saturated rings. The second-order valence-electron chi connectivity index (χ2n) is 3.28. The van der Waals surface area contributed by atoms with Crippen LogP contribution in [0.25, 0.3) is 0 Å². The largest absolute Gasteiger partial charge is 0.396 e. The van der Waals surface area contributed by atoms with Gasteiger partial charge in [-0.3, -0.25) is 9.48 Å². The van der Waals surface area contributed by atoms with Crippen LogP contribution in [0.15, 0.2) is 30.6 Å². The Morgan fingerprint density at radius 1 is 1.50 bits per heavy atom. The average Bonchev–Trinajstić information content (AvgIpc) is 2.59. The third-order valence-electron chi connectivity index (χ3n) is 1.98. The molecule has 2 rings (SSSR count). The third kappa shape index (κ3) is 2.00. The van der Waals surface area contributed by atoms with Gasteiger partial charge in [-0.25, -0.2) is 4.98 Å². The number of nitrogens with one attached hydrogen (secondary N) is 1. The van der Waals surface area contributed by atoms with Crippen LogP contribution in [0.5, 0.6) is 0 Å². The van der Waals surface area contributed by atoms with Crippen molar-refractivity contribution in [1.29, 1.82) is 0 Å². The summed E-state index contributed by atoms with van der Waals surface area (Å²) in [6.45, 7) is 0. The number of hydrogen-bond acceptors (Lipinski definition) is 4. The molecular formula is C10H11N5O. The fourth-order valence-electron chi connectivity index (χ4n) is 1.30. The average molecular weight is 217 g/mol. The molecule has 0 aromatic carbocycles. The summed E-state index contributed by atoms with van der Waals surface area (Å²) in [5.74, 6) is 0.106. The standard InChI is InChI=1S/C10H11N5O/c1-15-6-7(11)9(14-15)10(16)13-8-4-2-3-5-12-8/h2-6H,11H2,1H3,(H,12,13,16). The van der Waals surface area contributed by atoms with Crippen molar-refractivity contribution in [1.82, 2.24) is 14.8 Å². The smallest absolute Gasteiger partial charge is 0.279 e. The van der Waals surface area contributed by atoms with E-state index < -0.39 is 0 Å². The van der Waals surface area contributed by atoms with E-state index in [0.717, 1.165) is 0 Å². The van der Waals surface area contributed by atoms with Crippen LogP contribution in [0.1, 0.15) is 10.5 Å². The Hall–Kier alpha value is -2.37. The van der Waals surface area contributed by atoms with E-state index in [1.54, 1.807) is 37.6 Å². The van der Waals surface area contributed by atoms with Gasteiger partial charge in [0.15, 0.2) is 5.69 Å². The number of rotatable bonds is 2. The van der Waals surface area contributed by atoms with Gasteiger partial charge >= 0.3 is 0 Å². The first-order valence-electron chi connectivity index (χ1n) is 4.68. The predicted octanol–water partition coefficient (Wildman–Crippen LogP) is 0.650. The molecule has 0 saturated heterocycles. The number of nitrogen functional groups attached to an aromatic ring is 1. The van der Waals surface area contributed by atoms with Crippen molar-refractivity contribution in [3.05, 3.63) is 36.3 Å². The van der Waals surface area contributed by atoms with Crippen molar-refractivity contribution in [2.24, 2.45) is 7.05 Å². The van der Waals surface area contributed by atoms with E-state index in [9.17, 15) is 4.79 Å². The van der Waals surface area contributed by atoms with Gasteiger partial charge in [-0.1, -0.05) is 6.07 Å². The summed E-state index contributed by atoms with van der Waals surface area (Å²) < 4.78 is 1.49. The second-order valence-corrected chi connectivity index (χ2v) is 3.28. The summed E-state index contributed by atoms with van der Waals surface area (Å²) in [5, 5.41) is 6.56. The van der Waals surface area contributed by atoms with Crippen molar-refractivity contribution in [3.8, 4) is 0 Å². The van der Waals surface area contributed by atoms with E-state index in [-0.39, 0.29) is 11.6 Å². The number of pyridine rings is 1. The Labute approximate surface area is 92.1 Å². The molecule has 6 nitrogen and oxygen atoms in total. The van der Waals surface area contributed by atoms with Gasteiger partial charge in [0.25, 0.3) is 5.91 Å². The molecule has 0 spiro atoms. The highest BCUT2D eigenvalue weighted by atomic mass is 16.2. The van der Waals surface area contributed by atoms with Gasteiger partial charge in [-0.05, 0) is 12.1 Å². The molecule has 0 radical (unpaired) electrons. The van der Waals surface area contributed by atoms with Crippen LogP contribution in [-0.2, 0) is 7.05 Å². The monoisotopic (exact) mass is 217 g/mol. The van der Waals surface area contributed by atoms with Gasteiger partial charge in [-0.2, -0.15) is 5.10 Å². The highest BCUT2D eigenvalue weighted by Gasteiger charge is 2.14. The van der Waals surface area contributed by atoms with Gasteiger partial charge in [-0.15, -0.1) is 0 Å². The van der Waals surface area contributed by atoms with Crippen molar-refractivity contribution in [2.75, 3.05) is 11.1 Å². The predicted molar refractivity (Wildman–Crippen MR) is 59.8 cm³/mol. The maximum absolute atomic E-state index is 11.7. The minimum absolute atomic E-state index is 0.202. The van der Waals surface area contributed by atoms with E-state index in [4.69, 9.17) is 5.73 Å². The molecule has 0 aliphatic heterocycles. The number of nitrogens with zero attached hydrogens (tertiary/aromatic N) is 3. The molecule has 3 N–H and O–H groups in total. The Morgan fingerprint density at radius 3 is 2.88 bits per heavy atom. The molecule has 0 unspecified atom stereocenters. The number of aromatic nitrogens is 3. The molecule has 16 heavy (non-hydrogen) atoms. The van der Waals surface area contributed by atoms with E-state index in [2.05, 4.69) is 15.4 Å². The number of aryl methyl sites for hydroxylation is 1. The molecule has 2 aromatic heterocycles. The van der Waals surface area contributed by atoms with E-state index in [1.165, 1.54) is 4.68 Å². The number of carbonyl (C=O) groups excluding carboxylic acids is 1. The van der Waals surface area contributed by atoms with Gasteiger partial charge in [0.1, 0.15) is 5.82 Å². The Kier molecular flexibility index (Phi) is 2.55. The third-order valence-corrected chi connectivity index (χ3v) is 1.98. The van der Waals surface area contributed by atoms with Gasteiger partial charge in [0.05, 0.1) is 5.69 Å². The van der Waals surface area contributed by atoms with Crippen molar-refractivity contribution < 1.29 is 4.79 Å². The van der Waals surface area contributed by atoms with Crippen LogP contribution in [0, 0.1) is 0 Å². The Balaban J connectivity index is 2.18. The maximum atomic E-state index is 11.7.